The number of amides is 1. The zero-order valence-electron chi connectivity index (χ0n) is 13.8. The summed E-state index contributed by atoms with van der Waals surface area (Å²) < 4.78 is 0. The fourth-order valence-electron chi connectivity index (χ4n) is 3.49. The van der Waals surface area contributed by atoms with E-state index in [9.17, 15) is 9.90 Å². The number of nitrogens with one attached hydrogen (secondary N) is 1. The van der Waals surface area contributed by atoms with Crippen molar-refractivity contribution in [3.63, 3.8) is 0 Å². The van der Waals surface area contributed by atoms with Crippen LogP contribution in [0.5, 0.6) is 0 Å². The van der Waals surface area contributed by atoms with Crippen molar-refractivity contribution in [3.05, 3.63) is 35.9 Å². The second-order valence-corrected chi connectivity index (χ2v) is 7.03. The Morgan fingerprint density at radius 1 is 1.22 bits per heavy atom. The highest BCUT2D eigenvalue weighted by Crippen LogP contribution is 2.25. The lowest BCUT2D eigenvalue weighted by Crippen LogP contribution is -2.59. The number of rotatable bonds is 7. The monoisotopic (exact) mass is 316 g/mol. The third-order valence-electron chi connectivity index (χ3n) is 5.23. The predicted octanol–water partition coefficient (Wildman–Crippen LogP) is 2.11. The Morgan fingerprint density at radius 2 is 2.00 bits per heavy atom. The van der Waals surface area contributed by atoms with Gasteiger partial charge in [-0.3, -0.25) is 4.79 Å². The molecule has 1 aromatic rings. The molecule has 4 nitrogen and oxygen atoms in total. The molecule has 1 heterocycles. The summed E-state index contributed by atoms with van der Waals surface area (Å²) in [6.07, 6.45) is 7.00. The third kappa shape index (κ3) is 4.12. The molecule has 1 aromatic carbocycles. The van der Waals surface area contributed by atoms with Crippen molar-refractivity contribution in [1.82, 2.24) is 10.2 Å². The van der Waals surface area contributed by atoms with Gasteiger partial charge in [0.15, 0.2) is 5.60 Å². The number of aryl methyl sites for hydroxylation is 1. The largest absolute Gasteiger partial charge is 0.379 e. The van der Waals surface area contributed by atoms with Crippen molar-refractivity contribution in [3.8, 4) is 0 Å². The van der Waals surface area contributed by atoms with Crippen LogP contribution in [0.3, 0.4) is 0 Å². The lowest BCUT2D eigenvalue weighted by molar-refractivity contribution is -0.156. The first kappa shape index (κ1) is 16.5. The van der Waals surface area contributed by atoms with Crippen LogP contribution >= 0.6 is 0 Å². The second-order valence-electron chi connectivity index (χ2n) is 7.03. The standard InChI is InChI=1S/C19H28N2O2/c22-18-19(23,15-20-17-10-4-11-17)12-6-14-21(18)13-5-9-16-7-2-1-3-8-16/h1-3,7-8,17,20,23H,4-6,9-15H2. The van der Waals surface area contributed by atoms with Gasteiger partial charge in [0.25, 0.3) is 5.91 Å². The topological polar surface area (TPSA) is 52.6 Å². The highest BCUT2D eigenvalue weighted by Gasteiger charge is 2.42. The van der Waals surface area contributed by atoms with Crippen LogP contribution in [0.1, 0.15) is 44.1 Å². The van der Waals surface area contributed by atoms with E-state index < -0.39 is 5.60 Å². The molecule has 0 aromatic heterocycles. The number of aliphatic hydroxyl groups is 1. The van der Waals surface area contributed by atoms with E-state index in [0.717, 1.165) is 32.4 Å². The Labute approximate surface area is 138 Å². The number of hydrogen-bond acceptors (Lipinski definition) is 3. The molecule has 0 radical (unpaired) electrons. The molecule has 1 atom stereocenters. The van der Waals surface area contributed by atoms with E-state index in [-0.39, 0.29) is 5.91 Å². The van der Waals surface area contributed by atoms with Crippen LogP contribution in [0, 0.1) is 0 Å². The minimum atomic E-state index is -1.19. The predicted molar refractivity (Wildman–Crippen MR) is 91.2 cm³/mol. The van der Waals surface area contributed by atoms with Crippen LogP contribution < -0.4 is 5.32 Å². The number of likely N-dealkylation sites (tertiary alicyclic amines) is 1. The molecule has 2 fully saturated rings. The Bertz CT molecular complexity index is 515. The van der Waals surface area contributed by atoms with Gasteiger partial charge in [0.05, 0.1) is 0 Å². The highest BCUT2D eigenvalue weighted by molar-refractivity contribution is 5.86. The van der Waals surface area contributed by atoms with Gasteiger partial charge in [-0.25, -0.2) is 0 Å². The summed E-state index contributed by atoms with van der Waals surface area (Å²) in [5, 5.41) is 14.1. The van der Waals surface area contributed by atoms with E-state index in [2.05, 4.69) is 17.4 Å². The zero-order valence-corrected chi connectivity index (χ0v) is 13.8. The Balaban J connectivity index is 1.48. The lowest BCUT2D eigenvalue weighted by Gasteiger charge is -2.40. The van der Waals surface area contributed by atoms with Crippen molar-refractivity contribution in [2.24, 2.45) is 0 Å². The molecule has 3 rings (SSSR count). The summed E-state index contributed by atoms with van der Waals surface area (Å²) in [5.74, 6) is -0.0800. The molecule has 4 heteroatoms. The summed E-state index contributed by atoms with van der Waals surface area (Å²) in [4.78, 5) is 14.5. The number of carbonyl (C=O) groups excluding carboxylic acids is 1. The number of nitrogens with zero attached hydrogens (tertiary/aromatic N) is 1. The van der Waals surface area contributed by atoms with E-state index in [1.807, 2.05) is 23.1 Å². The Hall–Kier alpha value is -1.39. The molecular formula is C19H28N2O2. The molecule has 1 aliphatic carbocycles. The molecule has 2 aliphatic rings. The van der Waals surface area contributed by atoms with Gasteiger partial charge in [0.1, 0.15) is 0 Å². The maximum Gasteiger partial charge on any atom is 0.255 e. The normalized spacial score (nSPS) is 25.4. The minimum Gasteiger partial charge on any atom is -0.379 e. The molecule has 1 amide bonds. The van der Waals surface area contributed by atoms with Crippen LogP contribution in [-0.2, 0) is 11.2 Å². The summed E-state index contributed by atoms with van der Waals surface area (Å²) in [7, 11) is 0. The summed E-state index contributed by atoms with van der Waals surface area (Å²) in [6.45, 7) is 1.92. The number of benzene rings is 1. The van der Waals surface area contributed by atoms with Gasteiger partial charge in [0.2, 0.25) is 0 Å². The summed E-state index contributed by atoms with van der Waals surface area (Å²) in [5.41, 5.74) is 0.111. The van der Waals surface area contributed by atoms with Crippen molar-refractivity contribution in [2.75, 3.05) is 19.6 Å². The molecule has 0 spiro atoms. The van der Waals surface area contributed by atoms with Gasteiger partial charge in [0, 0.05) is 25.7 Å². The molecule has 0 bridgehead atoms. The smallest absolute Gasteiger partial charge is 0.255 e. The first-order valence-electron chi connectivity index (χ1n) is 8.96. The first-order chi connectivity index (χ1) is 11.2. The molecule has 2 N–H and O–H groups in total. The third-order valence-corrected chi connectivity index (χ3v) is 5.23. The molecule has 126 valence electrons. The van der Waals surface area contributed by atoms with E-state index in [4.69, 9.17) is 0 Å². The fraction of sp³-hybridized carbons (Fsp3) is 0.632. The molecule has 1 saturated carbocycles. The molecule has 23 heavy (non-hydrogen) atoms. The van der Waals surface area contributed by atoms with Crippen LogP contribution in [0.4, 0.5) is 0 Å². The van der Waals surface area contributed by atoms with Gasteiger partial charge in [-0.15, -0.1) is 0 Å². The van der Waals surface area contributed by atoms with Crippen molar-refractivity contribution in [2.45, 2.75) is 56.6 Å². The number of piperidine rings is 1. The number of hydrogen-bond donors (Lipinski definition) is 2. The van der Waals surface area contributed by atoms with Crippen molar-refractivity contribution < 1.29 is 9.90 Å². The summed E-state index contributed by atoms with van der Waals surface area (Å²) in [6, 6.07) is 10.9. The van der Waals surface area contributed by atoms with E-state index >= 15 is 0 Å². The second kappa shape index (κ2) is 7.45. The first-order valence-corrected chi connectivity index (χ1v) is 8.96. The Kier molecular flexibility index (Phi) is 5.34. The van der Waals surface area contributed by atoms with Gasteiger partial charge < -0.3 is 15.3 Å². The van der Waals surface area contributed by atoms with E-state index in [1.54, 1.807) is 0 Å². The quantitative estimate of drug-likeness (QED) is 0.810. The maximum absolute atomic E-state index is 12.6. The molecular weight excluding hydrogens is 288 g/mol. The highest BCUT2D eigenvalue weighted by atomic mass is 16.3. The van der Waals surface area contributed by atoms with Crippen LogP contribution in [0.25, 0.3) is 0 Å². The molecule has 1 aliphatic heterocycles. The molecule has 1 unspecified atom stereocenters. The van der Waals surface area contributed by atoms with Crippen LogP contribution in [-0.4, -0.2) is 47.2 Å². The lowest BCUT2D eigenvalue weighted by atomic mass is 9.88. The maximum atomic E-state index is 12.6. The zero-order chi connectivity index (χ0) is 16.1. The van der Waals surface area contributed by atoms with Gasteiger partial charge in [-0.05, 0) is 44.1 Å². The van der Waals surface area contributed by atoms with Crippen LogP contribution in [0.15, 0.2) is 30.3 Å². The molecule has 1 saturated heterocycles. The van der Waals surface area contributed by atoms with E-state index in [1.165, 1.54) is 24.8 Å². The minimum absolute atomic E-state index is 0.0800. The van der Waals surface area contributed by atoms with E-state index in [0.29, 0.717) is 19.0 Å². The van der Waals surface area contributed by atoms with Crippen molar-refractivity contribution >= 4 is 5.91 Å². The van der Waals surface area contributed by atoms with Gasteiger partial charge >= 0.3 is 0 Å². The fourth-order valence-corrected chi connectivity index (χ4v) is 3.49. The van der Waals surface area contributed by atoms with Gasteiger partial charge in [-0.2, -0.15) is 0 Å². The van der Waals surface area contributed by atoms with Crippen LogP contribution in [0.2, 0.25) is 0 Å². The van der Waals surface area contributed by atoms with Crippen molar-refractivity contribution in [1.29, 1.82) is 0 Å². The average molecular weight is 316 g/mol. The SMILES string of the molecule is O=C1N(CCCc2ccccc2)CCCC1(O)CNC1CCC1. The number of carbonyl (C=O) groups is 1. The van der Waals surface area contributed by atoms with Gasteiger partial charge in [-0.1, -0.05) is 36.8 Å². The summed E-state index contributed by atoms with van der Waals surface area (Å²) >= 11 is 0. The Morgan fingerprint density at radius 3 is 2.70 bits per heavy atom. The average Bonchev–Trinajstić information content (AvgIpc) is 2.51.